The van der Waals surface area contributed by atoms with Gasteiger partial charge in [0.2, 0.25) is 0 Å². The van der Waals surface area contributed by atoms with Gasteiger partial charge < -0.3 is 19.7 Å². The normalized spacial score (nSPS) is 17.3. The molecule has 1 aromatic heterocycles. The van der Waals surface area contributed by atoms with E-state index in [4.69, 9.17) is 4.43 Å². The first-order valence-corrected chi connectivity index (χ1v) is 19.2. The quantitative estimate of drug-likeness (QED) is 0.107. The maximum absolute atomic E-state index is 13.5. The summed E-state index contributed by atoms with van der Waals surface area (Å²) in [6.45, 7) is 23.0. The van der Waals surface area contributed by atoms with Crippen molar-refractivity contribution in [3.63, 3.8) is 0 Å². The number of carbonyl (C=O) groups is 1. The van der Waals surface area contributed by atoms with E-state index >= 15 is 0 Å². The van der Waals surface area contributed by atoms with Crippen LogP contribution in [0.5, 0.6) is 0 Å². The van der Waals surface area contributed by atoms with E-state index in [1.165, 1.54) is 11.1 Å². The number of aliphatic hydroxyl groups is 3. The molecule has 0 amide bonds. The molecule has 43 heavy (non-hydrogen) atoms. The Bertz CT molecular complexity index is 1030. The van der Waals surface area contributed by atoms with Crippen molar-refractivity contribution in [3.8, 4) is 0 Å². The molecule has 0 saturated heterocycles. The van der Waals surface area contributed by atoms with E-state index in [9.17, 15) is 20.1 Å². The second-order valence-electron chi connectivity index (χ2n) is 14.7. The molecule has 1 aromatic rings. The van der Waals surface area contributed by atoms with Crippen LogP contribution < -0.4 is 0 Å². The number of aliphatic hydroxyl groups excluding tert-OH is 3. The van der Waals surface area contributed by atoms with E-state index in [1.807, 2.05) is 38.2 Å². The molecule has 0 bridgehead atoms. The fourth-order valence-corrected chi connectivity index (χ4v) is 6.57. The summed E-state index contributed by atoms with van der Waals surface area (Å²) in [7, 11) is -2.00. The summed E-state index contributed by atoms with van der Waals surface area (Å²) in [5, 5.41) is 31.1. The molecule has 246 valence electrons. The van der Waals surface area contributed by atoms with Crippen LogP contribution in [-0.2, 0) is 9.22 Å². The molecule has 6 nitrogen and oxygen atoms in total. The van der Waals surface area contributed by atoms with E-state index < -0.39 is 31.9 Å². The fraction of sp³-hybridized carbons (Fsp3) is 0.722. The zero-order valence-corrected chi connectivity index (χ0v) is 30.1. The summed E-state index contributed by atoms with van der Waals surface area (Å²) >= 11 is 0. The lowest BCUT2D eigenvalue weighted by molar-refractivity contribution is -0.143. The van der Waals surface area contributed by atoms with Gasteiger partial charge in [0.25, 0.3) is 0 Å². The molecule has 7 heteroatoms. The van der Waals surface area contributed by atoms with Gasteiger partial charge in [0.15, 0.2) is 8.32 Å². The largest absolute Gasteiger partial charge is 0.410 e. The third kappa shape index (κ3) is 12.3. The lowest BCUT2D eigenvalue weighted by atomic mass is 9.71. The summed E-state index contributed by atoms with van der Waals surface area (Å²) < 4.78 is 6.89. The van der Waals surface area contributed by atoms with Crippen molar-refractivity contribution in [2.75, 3.05) is 6.61 Å². The van der Waals surface area contributed by atoms with Crippen LogP contribution in [0.1, 0.15) is 113 Å². The molecule has 1 heterocycles. The summed E-state index contributed by atoms with van der Waals surface area (Å²) in [5.74, 6) is -0.688. The van der Waals surface area contributed by atoms with Crippen molar-refractivity contribution in [2.45, 2.75) is 144 Å². The Morgan fingerprint density at radius 2 is 1.72 bits per heavy atom. The first kappa shape index (κ1) is 39.4. The van der Waals surface area contributed by atoms with Crippen molar-refractivity contribution in [1.29, 1.82) is 0 Å². The Balaban J connectivity index is 2.93. The summed E-state index contributed by atoms with van der Waals surface area (Å²) in [6, 6.07) is 5.94. The van der Waals surface area contributed by atoms with Gasteiger partial charge in [0.1, 0.15) is 5.78 Å². The van der Waals surface area contributed by atoms with E-state index in [0.717, 1.165) is 37.8 Å². The molecule has 0 spiro atoms. The number of pyridine rings is 1. The molecule has 0 unspecified atom stereocenters. The van der Waals surface area contributed by atoms with Gasteiger partial charge in [-0.15, -0.1) is 0 Å². The summed E-state index contributed by atoms with van der Waals surface area (Å²) in [6.07, 6.45) is 9.45. The van der Waals surface area contributed by atoms with Crippen LogP contribution in [-0.4, -0.2) is 59.3 Å². The minimum Gasteiger partial charge on any atom is -0.410 e. The standard InChI is InChI=1S/C36H63NO5Si/c1-12-16-30(34(41)36(8,9)32(39)22-24-38)33(40)27(3)18-15-17-26(2)20-21-31(42-43(10,11)35(5,6)7)28(4)25-29-19-13-14-23-37-29/h13-14,19-20,23,25,27,30-33,38-40H,12,15-18,21-22,24H2,1-11H3/b26-20+,28-25+/t27-,30+,31-,32-,33-/m0/s1. The average Bonchev–Trinajstić information content (AvgIpc) is 2.93. The fourth-order valence-electron chi connectivity index (χ4n) is 5.22. The number of hydrogen-bond donors (Lipinski definition) is 3. The second-order valence-corrected chi connectivity index (χ2v) is 19.4. The van der Waals surface area contributed by atoms with Crippen LogP contribution in [0.25, 0.3) is 6.08 Å². The lowest BCUT2D eigenvalue weighted by Gasteiger charge is -2.39. The van der Waals surface area contributed by atoms with Crippen LogP contribution in [0.3, 0.4) is 0 Å². The number of ketones is 1. The first-order valence-electron chi connectivity index (χ1n) is 16.3. The van der Waals surface area contributed by atoms with Crippen LogP contribution in [0.2, 0.25) is 18.1 Å². The second kappa shape index (κ2) is 17.7. The number of Topliss-reactive ketones (excluding diaryl/α,β-unsaturated/α-hetero) is 1. The van der Waals surface area contributed by atoms with Crippen LogP contribution in [0, 0.1) is 17.3 Å². The minimum absolute atomic E-state index is 0.0241. The predicted octanol–water partition coefficient (Wildman–Crippen LogP) is 8.13. The van der Waals surface area contributed by atoms with Gasteiger partial charge in [-0.3, -0.25) is 9.78 Å². The van der Waals surface area contributed by atoms with Crippen molar-refractivity contribution >= 4 is 20.2 Å². The molecule has 0 aliphatic carbocycles. The highest BCUT2D eigenvalue weighted by Crippen LogP contribution is 2.39. The van der Waals surface area contributed by atoms with Gasteiger partial charge in [-0.25, -0.2) is 0 Å². The monoisotopic (exact) mass is 617 g/mol. The number of aromatic nitrogens is 1. The summed E-state index contributed by atoms with van der Waals surface area (Å²) in [4.78, 5) is 17.9. The van der Waals surface area contributed by atoms with Gasteiger partial charge in [-0.2, -0.15) is 0 Å². The van der Waals surface area contributed by atoms with E-state index in [2.05, 4.69) is 64.8 Å². The van der Waals surface area contributed by atoms with Crippen molar-refractivity contribution in [3.05, 3.63) is 47.3 Å². The minimum atomic E-state index is -2.00. The van der Waals surface area contributed by atoms with Crippen LogP contribution >= 0.6 is 0 Å². The molecular weight excluding hydrogens is 554 g/mol. The number of carbonyl (C=O) groups excluding carboxylic acids is 1. The predicted molar refractivity (Wildman–Crippen MR) is 182 cm³/mol. The van der Waals surface area contributed by atoms with Crippen molar-refractivity contribution in [1.82, 2.24) is 4.98 Å². The molecule has 0 radical (unpaired) electrons. The number of hydrogen-bond acceptors (Lipinski definition) is 6. The number of nitrogens with zero attached hydrogens (tertiary/aromatic N) is 1. The highest BCUT2D eigenvalue weighted by molar-refractivity contribution is 6.74. The topological polar surface area (TPSA) is 99.9 Å². The van der Waals surface area contributed by atoms with E-state index in [0.29, 0.717) is 6.42 Å². The highest BCUT2D eigenvalue weighted by atomic mass is 28.4. The zero-order chi connectivity index (χ0) is 33.0. The zero-order valence-electron chi connectivity index (χ0n) is 29.1. The molecule has 1 rings (SSSR count). The van der Waals surface area contributed by atoms with Crippen molar-refractivity contribution in [2.24, 2.45) is 17.3 Å². The molecule has 5 atom stereocenters. The molecular formula is C36H63NO5Si. The Kier molecular flexibility index (Phi) is 16.2. The maximum atomic E-state index is 13.5. The van der Waals surface area contributed by atoms with Crippen LogP contribution in [0.4, 0.5) is 0 Å². The third-order valence-corrected chi connectivity index (χ3v) is 14.0. The Morgan fingerprint density at radius 3 is 2.26 bits per heavy atom. The average molecular weight is 618 g/mol. The van der Waals surface area contributed by atoms with Crippen molar-refractivity contribution < 1.29 is 24.5 Å². The molecule has 0 aromatic carbocycles. The summed E-state index contributed by atoms with van der Waals surface area (Å²) in [5.41, 5.74) is 2.38. The molecule has 0 saturated carbocycles. The number of rotatable bonds is 19. The van der Waals surface area contributed by atoms with E-state index in [-0.39, 0.29) is 35.9 Å². The Morgan fingerprint density at radius 1 is 1.07 bits per heavy atom. The number of allylic oxidation sites excluding steroid dienone is 1. The SMILES string of the molecule is CCC[C@@H](C(=O)C(C)(C)[C@@H](O)CCO)[C@@H](O)[C@@H](C)CCC/C(C)=C/C[C@H](O[Si](C)(C)C(C)(C)C)/C(C)=C/c1ccccn1. The Hall–Kier alpha value is -1.64. The molecule has 0 fully saturated rings. The molecule has 0 aliphatic rings. The Labute approximate surface area is 264 Å². The molecule has 0 aliphatic heterocycles. The highest BCUT2D eigenvalue weighted by Gasteiger charge is 2.42. The smallest absolute Gasteiger partial charge is 0.192 e. The van der Waals surface area contributed by atoms with Gasteiger partial charge in [0.05, 0.1) is 24.0 Å². The first-order chi connectivity index (χ1) is 19.9. The van der Waals surface area contributed by atoms with Gasteiger partial charge in [0, 0.05) is 24.1 Å². The lowest BCUT2D eigenvalue weighted by Crippen LogP contribution is -2.46. The third-order valence-electron chi connectivity index (χ3n) is 9.53. The van der Waals surface area contributed by atoms with Gasteiger partial charge in [-0.05, 0) is 100 Å². The van der Waals surface area contributed by atoms with E-state index in [1.54, 1.807) is 13.8 Å². The van der Waals surface area contributed by atoms with Crippen LogP contribution in [0.15, 0.2) is 41.6 Å². The molecule has 3 N–H and O–H groups in total. The van der Waals surface area contributed by atoms with Gasteiger partial charge in [-0.1, -0.05) is 72.6 Å². The maximum Gasteiger partial charge on any atom is 0.192 e. The van der Waals surface area contributed by atoms with Gasteiger partial charge >= 0.3 is 0 Å².